The van der Waals surface area contributed by atoms with E-state index >= 15 is 0 Å². The highest BCUT2D eigenvalue weighted by atomic mass is 32.2. The van der Waals surface area contributed by atoms with E-state index in [0.29, 0.717) is 0 Å². The van der Waals surface area contributed by atoms with Crippen molar-refractivity contribution in [3.63, 3.8) is 0 Å². The predicted molar refractivity (Wildman–Crippen MR) is 147 cm³/mol. The SMILES string of the molecule is CCCCCCCCCCCCCCCCCc1ncc(C(=S)SCc2ccccc2)[nH]1. The third-order valence-electron chi connectivity index (χ3n) is 6.08. The molecule has 2 aromatic rings. The van der Waals surface area contributed by atoms with Crippen LogP contribution in [0.2, 0.25) is 0 Å². The Balaban J connectivity index is 1.41. The molecule has 178 valence electrons. The summed E-state index contributed by atoms with van der Waals surface area (Å²) in [6, 6.07) is 10.5. The molecular weight excluding hydrogens is 428 g/mol. The number of unbranched alkanes of at least 4 members (excludes halogenated alkanes) is 14. The molecule has 0 aliphatic heterocycles. The summed E-state index contributed by atoms with van der Waals surface area (Å²) >= 11 is 7.28. The topological polar surface area (TPSA) is 28.7 Å². The molecule has 0 unspecified atom stereocenters. The molecule has 0 bridgehead atoms. The molecule has 0 aliphatic carbocycles. The molecule has 2 nitrogen and oxygen atoms in total. The van der Waals surface area contributed by atoms with Crippen LogP contribution >= 0.6 is 24.0 Å². The molecule has 0 amide bonds. The van der Waals surface area contributed by atoms with Crippen LogP contribution in [-0.4, -0.2) is 14.2 Å². The van der Waals surface area contributed by atoms with Crippen LogP contribution in [-0.2, 0) is 12.2 Å². The van der Waals surface area contributed by atoms with Crippen LogP contribution in [0.5, 0.6) is 0 Å². The number of hydrogen-bond donors (Lipinski definition) is 1. The molecule has 1 N–H and O–H groups in total. The van der Waals surface area contributed by atoms with Crippen LogP contribution in [0.4, 0.5) is 0 Å². The molecule has 0 radical (unpaired) electrons. The van der Waals surface area contributed by atoms with Crippen molar-refractivity contribution in [2.75, 3.05) is 0 Å². The number of aryl methyl sites for hydroxylation is 1. The molecule has 0 fully saturated rings. The Morgan fingerprint density at radius 1 is 0.781 bits per heavy atom. The number of aromatic nitrogens is 2. The van der Waals surface area contributed by atoms with Crippen molar-refractivity contribution in [1.29, 1.82) is 0 Å². The van der Waals surface area contributed by atoms with E-state index in [0.717, 1.165) is 27.9 Å². The van der Waals surface area contributed by atoms with Gasteiger partial charge >= 0.3 is 0 Å². The summed E-state index contributed by atoms with van der Waals surface area (Å²) in [5.74, 6) is 1.99. The number of rotatable bonds is 19. The van der Waals surface area contributed by atoms with E-state index in [4.69, 9.17) is 12.2 Å². The van der Waals surface area contributed by atoms with Crippen molar-refractivity contribution in [3.8, 4) is 0 Å². The summed E-state index contributed by atoms with van der Waals surface area (Å²) in [7, 11) is 0. The summed E-state index contributed by atoms with van der Waals surface area (Å²) in [6.07, 6.45) is 24.0. The lowest BCUT2D eigenvalue weighted by Crippen LogP contribution is -1.95. The largest absolute Gasteiger partial charge is 0.341 e. The molecule has 1 aromatic heterocycles. The maximum atomic E-state index is 5.57. The third-order valence-corrected chi connectivity index (χ3v) is 7.61. The zero-order chi connectivity index (χ0) is 22.7. The van der Waals surface area contributed by atoms with Crippen molar-refractivity contribution in [2.24, 2.45) is 0 Å². The van der Waals surface area contributed by atoms with Crippen LogP contribution in [0.25, 0.3) is 0 Å². The van der Waals surface area contributed by atoms with Gasteiger partial charge in [0.15, 0.2) is 0 Å². The summed E-state index contributed by atoms with van der Waals surface area (Å²) in [5, 5.41) is 0. The van der Waals surface area contributed by atoms with Crippen LogP contribution in [0.3, 0.4) is 0 Å². The number of imidazole rings is 1. The van der Waals surface area contributed by atoms with Crippen LogP contribution in [0, 0.1) is 0 Å². The number of thioether (sulfide) groups is 1. The molecule has 0 aliphatic rings. The van der Waals surface area contributed by atoms with Gasteiger partial charge in [-0.05, 0) is 12.0 Å². The van der Waals surface area contributed by atoms with Gasteiger partial charge in [-0.15, -0.1) is 11.8 Å². The van der Waals surface area contributed by atoms with Crippen LogP contribution in [0.1, 0.15) is 120 Å². The van der Waals surface area contributed by atoms with Crippen molar-refractivity contribution in [2.45, 2.75) is 115 Å². The molecule has 1 aromatic carbocycles. The molecule has 0 spiro atoms. The number of thiocarbonyl (C=S) groups is 1. The Kier molecular flexibility index (Phi) is 15.5. The minimum Gasteiger partial charge on any atom is -0.341 e. The smallest absolute Gasteiger partial charge is 0.106 e. The number of hydrogen-bond acceptors (Lipinski definition) is 3. The van der Waals surface area contributed by atoms with Gasteiger partial charge in [-0.1, -0.05) is 139 Å². The zero-order valence-electron chi connectivity index (χ0n) is 20.2. The normalized spacial score (nSPS) is 11.2. The first-order valence-electron chi connectivity index (χ1n) is 13.0. The number of H-pyrrole nitrogens is 1. The first-order valence-corrected chi connectivity index (χ1v) is 14.4. The number of aromatic amines is 1. The van der Waals surface area contributed by atoms with Crippen LogP contribution in [0.15, 0.2) is 36.5 Å². The maximum absolute atomic E-state index is 5.57. The minimum absolute atomic E-state index is 0.907. The molecule has 2 rings (SSSR count). The van der Waals surface area contributed by atoms with E-state index in [1.165, 1.54) is 102 Å². The van der Waals surface area contributed by atoms with E-state index < -0.39 is 0 Å². The number of nitrogens with one attached hydrogen (secondary N) is 1. The highest BCUT2D eigenvalue weighted by molar-refractivity contribution is 8.23. The van der Waals surface area contributed by atoms with E-state index in [-0.39, 0.29) is 0 Å². The maximum Gasteiger partial charge on any atom is 0.106 e. The summed E-state index contributed by atoms with van der Waals surface area (Å²) in [4.78, 5) is 7.96. The van der Waals surface area contributed by atoms with Gasteiger partial charge in [0.2, 0.25) is 0 Å². The highest BCUT2D eigenvalue weighted by Crippen LogP contribution is 2.19. The molecular formula is C28H44N2S2. The molecule has 1 heterocycles. The lowest BCUT2D eigenvalue weighted by Gasteiger charge is -2.03. The third kappa shape index (κ3) is 12.8. The molecule has 0 saturated heterocycles. The fourth-order valence-corrected chi connectivity index (χ4v) is 5.09. The Bertz CT molecular complexity index is 711. The summed E-state index contributed by atoms with van der Waals surface area (Å²) < 4.78 is 0.907. The first-order chi connectivity index (χ1) is 15.8. The van der Waals surface area contributed by atoms with E-state index in [1.807, 2.05) is 12.3 Å². The molecule has 32 heavy (non-hydrogen) atoms. The van der Waals surface area contributed by atoms with Gasteiger partial charge in [-0.25, -0.2) is 4.98 Å². The summed E-state index contributed by atoms with van der Waals surface area (Å²) in [6.45, 7) is 2.29. The monoisotopic (exact) mass is 472 g/mol. The minimum atomic E-state index is 0.907. The second-order valence-electron chi connectivity index (χ2n) is 9.01. The van der Waals surface area contributed by atoms with E-state index in [9.17, 15) is 0 Å². The van der Waals surface area contributed by atoms with Gasteiger partial charge < -0.3 is 4.98 Å². The second-order valence-corrected chi connectivity index (χ2v) is 10.7. The lowest BCUT2D eigenvalue weighted by molar-refractivity contribution is 0.531. The molecule has 4 heteroatoms. The number of benzene rings is 1. The van der Waals surface area contributed by atoms with Crippen molar-refractivity contribution < 1.29 is 0 Å². The molecule has 0 saturated carbocycles. The average Bonchev–Trinajstić information content (AvgIpc) is 3.30. The van der Waals surface area contributed by atoms with Gasteiger partial charge in [0.25, 0.3) is 0 Å². The quantitative estimate of drug-likeness (QED) is 0.163. The molecule has 0 atom stereocenters. The second kappa shape index (κ2) is 18.3. The van der Waals surface area contributed by atoms with Crippen molar-refractivity contribution in [3.05, 3.63) is 53.6 Å². The van der Waals surface area contributed by atoms with Gasteiger partial charge in [-0.2, -0.15) is 0 Å². The van der Waals surface area contributed by atoms with Gasteiger partial charge in [-0.3, -0.25) is 0 Å². The van der Waals surface area contributed by atoms with Gasteiger partial charge in [0.05, 0.1) is 16.1 Å². The van der Waals surface area contributed by atoms with Crippen molar-refractivity contribution in [1.82, 2.24) is 9.97 Å². The van der Waals surface area contributed by atoms with Crippen molar-refractivity contribution >= 4 is 28.2 Å². The average molecular weight is 473 g/mol. The standard InChI is InChI=1S/C28H44N2S2/c1-2-3-4-5-6-7-8-9-10-11-12-13-14-15-19-22-27-29-23-26(30-27)28(31)32-24-25-20-17-16-18-21-25/h16-18,20-21,23H,2-15,19,22,24H2,1H3,(H,29,30). The zero-order valence-corrected chi connectivity index (χ0v) is 21.9. The lowest BCUT2D eigenvalue weighted by atomic mass is 10.0. The van der Waals surface area contributed by atoms with E-state index in [2.05, 4.69) is 41.2 Å². The highest BCUT2D eigenvalue weighted by Gasteiger charge is 2.07. The van der Waals surface area contributed by atoms with E-state index in [1.54, 1.807) is 11.8 Å². The number of nitrogens with zero attached hydrogens (tertiary/aromatic N) is 1. The Labute approximate surface area is 206 Å². The first kappa shape index (κ1) is 27.1. The Hall–Kier alpha value is -1.13. The van der Waals surface area contributed by atoms with Crippen LogP contribution < -0.4 is 0 Å². The Morgan fingerprint density at radius 3 is 1.88 bits per heavy atom. The van der Waals surface area contributed by atoms with Gasteiger partial charge in [0, 0.05) is 12.2 Å². The fraction of sp³-hybridized carbons (Fsp3) is 0.643. The fourth-order valence-electron chi connectivity index (χ4n) is 4.06. The van der Waals surface area contributed by atoms with Gasteiger partial charge in [0.1, 0.15) is 5.82 Å². The Morgan fingerprint density at radius 2 is 1.31 bits per heavy atom. The predicted octanol–water partition coefficient (Wildman–Crippen LogP) is 9.43. The summed E-state index contributed by atoms with van der Waals surface area (Å²) in [5.41, 5.74) is 2.30.